The lowest BCUT2D eigenvalue weighted by molar-refractivity contribution is -0.142. The van der Waals surface area contributed by atoms with Gasteiger partial charge in [-0.05, 0) is 11.8 Å². The van der Waals surface area contributed by atoms with Crippen LogP contribution in [0.15, 0.2) is 0 Å². The van der Waals surface area contributed by atoms with Crippen LogP contribution in [0.4, 0.5) is 0 Å². The van der Waals surface area contributed by atoms with E-state index in [2.05, 4.69) is 4.74 Å². The van der Waals surface area contributed by atoms with Crippen LogP contribution in [0.2, 0.25) is 0 Å². The molecule has 0 aliphatic heterocycles. The summed E-state index contributed by atoms with van der Waals surface area (Å²) in [6.45, 7) is 9.12. The van der Waals surface area contributed by atoms with Crippen LogP contribution in [0.1, 0.15) is 40.5 Å². The third-order valence-electron chi connectivity index (χ3n) is 3.02. The Morgan fingerprint density at radius 1 is 1.21 bits per heavy atom. The maximum atomic E-state index is 12.2. The van der Waals surface area contributed by atoms with E-state index < -0.39 is 0 Å². The molecule has 5 heteroatoms. The Balaban J connectivity index is 4.47. The van der Waals surface area contributed by atoms with Crippen LogP contribution in [0.5, 0.6) is 0 Å². The number of rotatable bonds is 8. The van der Waals surface area contributed by atoms with E-state index in [1.54, 1.807) is 4.90 Å². The zero-order valence-corrected chi connectivity index (χ0v) is 12.8. The summed E-state index contributed by atoms with van der Waals surface area (Å²) < 4.78 is 4.60. The van der Waals surface area contributed by atoms with Crippen LogP contribution in [-0.2, 0) is 14.3 Å². The molecule has 0 aromatic rings. The summed E-state index contributed by atoms with van der Waals surface area (Å²) in [6, 6.07) is -0.139. The predicted molar refractivity (Wildman–Crippen MR) is 75.5 cm³/mol. The third-order valence-corrected chi connectivity index (χ3v) is 3.02. The number of hydrogen-bond donors (Lipinski definition) is 1. The van der Waals surface area contributed by atoms with Crippen molar-refractivity contribution in [3.05, 3.63) is 0 Å². The Labute approximate surface area is 116 Å². The number of hydrogen-bond acceptors (Lipinski definition) is 4. The second-order valence-corrected chi connectivity index (χ2v) is 5.67. The lowest BCUT2D eigenvalue weighted by atomic mass is 10.0. The SMILES string of the molecule is COC(=O)CCN(CC(C)C)C(=O)CC(N)C(C)C. The van der Waals surface area contributed by atoms with Gasteiger partial charge in [-0.2, -0.15) is 0 Å². The standard InChI is InChI=1S/C14H28N2O3/c1-10(2)9-16(7-6-14(18)19-5)13(17)8-12(15)11(3)4/h10-12H,6-9,15H2,1-5H3. The fraction of sp³-hybridized carbons (Fsp3) is 0.857. The van der Waals surface area contributed by atoms with Gasteiger partial charge >= 0.3 is 5.97 Å². The van der Waals surface area contributed by atoms with E-state index in [1.807, 2.05) is 27.7 Å². The van der Waals surface area contributed by atoms with E-state index in [0.29, 0.717) is 25.4 Å². The highest BCUT2D eigenvalue weighted by atomic mass is 16.5. The molecule has 0 saturated carbocycles. The highest BCUT2D eigenvalue weighted by Gasteiger charge is 2.20. The number of amides is 1. The van der Waals surface area contributed by atoms with Gasteiger partial charge in [0.15, 0.2) is 0 Å². The molecular weight excluding hydrogens is 244 g/mol. The van der Waals surface area contributed by atoms with Crippen LogP contribution < -0.4 is 5.73 Å². The van der Waals surface area contributed by atoms with Gasteiger partial charge in [-0.3, -0.25) is 9.59 Å². The molecule has 1 amide bonds. The maximum absolute atomic E-state index is 12.2. The monoisotopic (exact) mass is 272 g/mol. The van der Waals surface area contributed by atoms with Gasteiger partial charge in [-0.1, -0.05) is 27.7 Å². The van der Waals surface area contributed by atoms with Crippen LogP contribution in [0.25, 0.3) is 0 Å². The van der Waals surface area contributed by atoms with E-state index in [1.165, 1.54) is 7.11 Å². The smallest absolute Gasteiger partial charge is 0.307 e. The van der Waals surface area contributed by atoms with Crippen molar-refractivity contribution in [1.82, 2.24) is 4.90 Å². The minimum atomic E-state index is -0.297. The second-order valence-electron chi connectivity index (χ2n) is 5.67. The first-order valence-corrected chi connectivity index (χ1v) is 6.88. The van der Waals surface area contributed by atoms with E-state index in [-0.39, 0.29) is 30.3 Å². The molecule has 0 saturated heterocycles. The average Bonchev–Trinajstić information content (AvgIpc) is 2.32. The van der Waals surface area contributed by atoms with E-state index in [9.17, 15) is 9.59 Å². The molecule has 5 nitrogen and oxygen atoms in total. The number of esters is 1. The summed E-state index contributed by atoms with van der Waals surface area (Å²) in [5.41, 5.74) is 5.93. The molecule has 2 N–H and O–H groups in total. The molecule has 0 aromatic heterocycles. The Morgan fingerprint density at radius 3 is 2.21 bits per heavy atom. The van der Waals surface area contributed by atoms with Crippen molar-refractivity contribution in [3.63, 3.8) is 0 Å². The van der Waals surface area contributed by atoms with Crippen LogP contribution >= 0.6 is 0 Å². The minimum absolute atomic E-state index is 0.0128. The lowest BCUT2D eigenvalue weighted by Crippen LogP contribution is -2.40. The quantitative estimate of drug-likeness (QED) is 0.678. The topological polar surface area (TPSA) is 72.6 Å². The Kier molecular flexibility index (Phi) is 8.39. The molecule has 19 heavy (non-hydrogen) atoms. The molecule has 0 bridgehead atoms. The predicted octanol–water partition coefficient (Wildman–Crippen LogP) is 1.41. The molecule has 112 valence electrons. The summed E-state index contributed by atoms with van der Waals surface area (Å²) in [4.78, 5) is 25.1. The van der Waals surface area contributed by atoms with Crippen LogP contribution in [0.3, 0.4) is 0 Å². The largest absolute Gasteiger partial charge is 0.469 e. The van der Waals surface area contributed by atoms with Gasteiger partial charge in [-0.25, -0.2) is 0 Å². The number of ether oxygens (including phenoxy) is 1. The molecule has 0 aliphatic carbocycles. The van der Waals surface area contributed by atoms with Crippen molar-refractivity contribution in [3.8, 4) is 0 Å². The molecule has 0 rings (SSSR count). The number of nitrogens with zero attached hydrogens (tertiary/aromatic N) is 1. The van der Waals surface area contributed by atoms with Crippen molar-refractivity contribution in [2.45, 2.75) is 46.6 Å². The van der Waals surface area contributed by atoms with Crippen LogP contribution in [-0.4, -0.2) is 43.0 Å². The summed E-state index contributed by atoms with van der Waals surface area (Å²) in [5.74, 6) is 0.343. The fourth-order valence-corrected chi connectivity index (χ4v) is 1.65. The summed E-state index contributed by atoms with van der Waals surface area (Å²) >= 11 is 0. The van der Waals surface area contributed by atoms with Gasteiger partial charge in [-0.15, -0.1) is 0 Å². The molecule has 0 aliphatic rings. The second kappa shape index (κ2) is 8.91. The van der Waals surface area contributed by atoms with Gasteiger partial charge in [0.25, 0.3) is 0 Å². The lowest BCUT2D eigenvalue weighted by Gasteiger charge is -2.26. The van der Waals surface area contributed by atoms with Crippen molar-refractivity contribution >= 4 is 11.9 Å². The Hall–Kier alpha value is -1.10. The fourth-order valence-electron chi connectivity index (χ4n) is 1.65. The summed E-state index contributed by atoms with van der Waals surface area (Å²) in [7, 11) is 1.35. The number of carbonyl (C=O) groups excluding carboxylic acids is 2. The molecule has 1 atom stereocenters. The number of nitrogens with two attached hydrogens (primary N) is 1. The molecule has 0 heterocycles. The first kappa shape index (κ1) is 17.9. The van der Waals surface area contributed by atoms with Gasteiger partial charge < -0.3 is 15.4 Å². The van der Waals surface area contributed by atoms with Crippen LogP contribution in [0, 0.1) is 11.8 Å². The van der Waals surface area contributed by atoms with Crippen molar-refractivity contribution in [2.24, 2.45) is 17.6 Å². The molecule has 1 unspecified atom stereocenters. The van der Waals surface area contributed by atoms with E-state index in [0.717, 1.165) is 0 Å². The number of methoxy groups -OCH3 is 1. The molecule has 0 aromatic carbocycles. The summed E-state index contributed by atoms with van der Waals surface area (Å²) in [6.07, 6.45) is 0.553. The highest BCUT2D eigenvalue weighted by molar-refractivity contribution is 5.77. The third kappa shape index (κ3) is 7.82. The first-order valence-electron chi connectivity index (χ1n) is 6.88. The average molecular weight is 272 g/mol. The maximum Gasteiger partial charge on any atom is 0.307 e. The molecule has 0 radical (unpaired) electrons. The van der Waals surface area contributed by atoms with E-state index in [4.69, 9.17) is 5.73 Å². The first-order chi connectivity index (χ1) is 8.77. The van der Waals surface area contributed by atoms with Crippen molar-refractivity contribution < 1.29 is 14.3 Å². The Bertz CT molecular complexity index is 290. The zero-order chi connectivity index (χ0) is 15.0. The highest BCUT2D eigenvalue weighted by Crippen LogP contribution is 2.08. The molecular formula is C14H28N2O3. The van der Waals surface area contributed by atoms with Gasteiger partial charge in [0.1, 0.15) is 0 Å². The molecule has 0 spiro atoms. The summed E-state index contributed by atoms with van der Waals surface area (Å²) in [5, 5.41) is 0. The zero-order valence-electron chi connectivity index (χ0n) is 12.8. The van der Waals surface area contributed by atoms with Crippen molar-refractivity contribution in [1.29, 1.82) is 0 Å². The number of carbonyl (C=O) groups is 2. The van der Waals surface area contributed by atoms with Gasteiger partial charge in [0.05, 0.1) is 13.5 Å². The normalized spacial score (nSPS) is 12.6. The van der Waals surface area contributed by atoms with E-state index >= 15 is 0 Å². The van der Waals surface area contributed by atoms with Crippen molar-refractivity contribution in [2.75, 3.05) is 20.2 Å². The Morgan fingerprint density at radius 2 is 1.79 bits per heavy atom. The van der Waals surface area contributed by atoms with Gasteiger partial charge in [0, 0.05) is 25.6 Å². The molecule has 0 fully saturated rings. The minimum Gasteiger partial charge on any atom is -0.469 e. The van der Waals surface area contributed by atoms with Gasteiger partial charge in [0.2, 0.25) is 5.91 Å².